The van der Waals surface area contributed by atoms with Crippen molar-refractivity contribution in [3.05, 3.63) is 29.8 Å². The lowest BCUT2D eigenvalue weighted by atomic mass is 10.1. The zero-order chi connectivity index (χ0) is 14.5. The van der Waals surface area contributed by atoms with Crippen LogP contribution in [0, 0.1) is 0 Å². The number of Topliss-reactive ketones (excluding diaryl/α,β-unsaturated/α-hetero) is 1. The van der Waals surface area contributed by atoms with Crippen molar-refractivity contribution in [3.63, 3.8) is 0 Å². The minimum Gasteiger partial charge on any atom is -0.497 e. The predicted molar refractivity (Wildman–Crippen MR) is 75.2 cm³/mol. The smallest absolute Gasteiger partial charge is 0.176 e. The van der Waals surface area contributed by atoms with Crippen LogP contribution < -0.4 is 4.74 Å². The topological polar surface area (TPSA) is 59.0 Å². The fourth-order valence-electron chi connectivity index (χ4n) is 2.44. The van der Waals surface area contributed by atoms with Crippen molar-refractivity contribution in [2.24, 2.45) is 0 Å². The van der Waals surface area contributed by atoms with Crippen LogP contribution in [0.3, 0.4) is 0 Å². The number of methoxy groups -OCH3 is 1. The second kappa shape index (κ2) is 6.83. The normalized spacial score (nSPS) is 23.6. The molecular weight excluding hydrogens is 258 g/mol. The summed E-state index contributed by atoms with van der Waals surface area (Å²) in [5.41, 5.74) is 0.672. The van der Waals surface area contributed by atoms with Gasteiger partial charge in [0.25, 0.3) is 0 Å². The second-order valence-electron chi connectivity index (χ2n) is 5.10. The zero-order valence-corrected chi connectivity index (χ0v) is 11.9. The van der Waals surface area contributed by atoms with Gasteiger partial charge >= 0.3 is 0 Å². The number of carbonyl (C=O) groups is 1. The summed E-state index contributed by atoms with van der Waals surface area (Å²) in [6, 6.07) is 7.11. The standard InChI is InChI=1S/C15H21NO4/c1-11-7-16(8-14(10-17)20-11)9-15(18)12-3-5-13(19-2)6-4-12/h3-6,11,14,17H,7-10H2,1-2H3. The molecule has 0 amide bonds. The quantitative estimate of drug-likeness (QED) is 0.814. The van der Waals surface area contributed by atoms with Crippen molar-refractivity contribution >= 4 is 5.78 Å². The Labute approximate surface area is 119 Å². The Morgan fingerprint density at radius 1 is 1.40 bits per heavy atom. The molecule has 1 fully saturated rings. The third-order valence-corrected chi connectivity index (χ3v) is 3.38. The Bertz CT molecular complexity index is 446. The van der Waals surface area contributed by atoms with Crippen molar-refractivity contribution in [2.45, 2.75) is 19.1 Å². The SMILES string of the molecule is COc1ccc(C(=O)CN2CC(C)OC(CO)C2)cc1. The molecule has 0 bridgehead atoms. The summed E-state index contributed by atoms with van der Waals surface area (Å²) in [5.74, 6) is 0.806. The van der Waals surface area contributed by atoms with E-state index < -0.39 is 0 Å². The summed E-state index contributed by atoms with van der Waals surface area (Å²) in [4.78, 5) is 14.3. The zero-order valence-electron chi connectivity index (χ0n) is 11.9. The van der Waals surface area contributed by atoms with Crippen LogP contribution in [0.1, 0.15) is 17.3 Å². The maximum atomic E-state index is 12.2. The first kappa shape index (κ1) is 15.0. The summed E-state index contributed by atoms with van der Waals surface area (Å²) in [6.07, 6.45) is -0.174. The first-order valence-corrected chi connectivity index (χ1v) is 6.78. The molecule has 0 saturated carbocycles. The number of aliphatic hydroxyl groups is 1. The van der Waals surface area contributed by atoms with Gasteiger partial charge in [-0.05, 0) is 31.2 Å². The number of rotatable bonds is 5. The average molecular weight is 279 g/mol. The van der Waals surface area contributed by atoms with Gasteiger partial charge in [0, 0.05) is 18.7 Å². The van der Waals surface area contributed by atoms with E-state index in [1.54, 1.807) is 31.4 Å². The van der Waals surface area contributed by atoms with E-state index in [1.165, 1.54) is 0 Å². The number of nitrogens with zero attached hydrogens (tertiary/aromatic N) is 1. The first-order valence-electron chi connectivity index (χ1n) is 6.78. The lowest BCUT2D eigenvalue weighted by Crippen LogP contribution is -2.49. The molecule has 0 spiro atoms. The van der Waals surface area contributed by atoms with Gasteiger partial charge in [0.1, 0.15) is 5.75 Å². The summed E-state index contributed by atoms with van der Waals surface area (Å²) in [7, 11) is 1.60. The number of aliphatic hydroxyl groups excluding tert-OH is 1. The summed E-state index contributed by atoms with van der Waals surface area (Å²) in [5, 5.41) is 9.18. The van der Waals surface area contributed by atoms with Gasteiger partial charge < -0.3 is 14.6 Å². The van der Waals surface area contributed by atoms with Crippen LogP contribution in [0.5, 0.6) is 5.75 Å². The van der Waals surface area contributed by atoms with Gasteiger partial charge in [0.2, 0.25) is 0 Å². The first-order chi connectivity index (χ1) is 9.62. The number of carbonyl (C=O) groups excluding carboxylic acids is 1. The van der Waals surface area contributed by atoms with Crippen molar-refractivity contribution in [3.8, 4) is 5.75 Å². The lowest BCUT2D eigenvalue weighted by Gasteiger charge is -2.35. The molecule has 5 nitrogen and oxygen atoms in total. The second-order valence-corrected chi connectivity index (χ2v) is 5.10. The maximum absolute atomic E-state index is 12.2. The molecule has 2 rings (SSSR count). The Hall–Kier alpha value is -1.43. The van der Waals surface area contributed by atoms with Crippen LogP contribution in [0.2, 0.25) is 0 Å². The number of hydrogen-bond donors (Lipinski definition) is 1. The number of morpholine rings is 1. The third kappa shape index (κ3) is 3.79. The van der Waals surface area contributed by atoms with E-state index in [4.69, 9.17) is 9.47 Å². The minimum absolute atomic E-state index is 0.0163. The Kier molecular flexibility index (Phi) is 5.11. The van der Waals surface area contributed by atoms with Crippen LogP contribution in [0.15, 0.2) is 24.3 Å². The van der Waals surface area contributed by atoms with Gasteiger partial charge in [0.05, 0.1) is 32.5 Å². The molecule has 1 aliphatic rings. The molecule has 110 valence electrons. The highest BCUT2D eigenvalue weighted by atomic mass is 16.5. The van der Waals surface area contributed by atoms with Crippen LogP contribution in [-0.4, -0.2) is 61.3 Å². The largest absolute Gasteiger partial charge is 0.497 e. The number of hydrogen-bond acceptors (Lipinski definition) is 5. The molecule has 2 atom stereocenters. The van der Waals surface area contributed by atoms with Crippen molar-refractivity contribution in [2.75, 3.05) is 33.4 Å². The van der Waals surface area contributed by atoms with Gasteiger partial charge in [-0.2, -0.15) is 0 Å². The maximum Gasteiger partial charge on any atom is 0.176 e. The highest BCUT2D eigenvalue weighted by Gasteiger charge is 2.26. The molecule has 1 heterocycles. The highest BCUT2D eigenvalue weighted by Crippen LogP contribution is 2.14. The molecule has 0 aromatic heterocycles. The summed E-state index contributed by atoms with van der Waals surface area (Å²) < 4.78 is 10.6. The van der Waals surface area contributed by atoms with Crippen LogP contribution >= 0.6 is 0 Å². The average Bonchev–Trinajstić information content (AvgIpc) is 2.46. The predicted octanol–water partition coefficient (Wildman–Crippen LogP) is 0.959. The number of benzene rings is 1. The van der Waals surface area contributed by atoms with E-state index in [9.17, 15) is 9.90 Å². The van der Waals surface area contributed by atoms with Gasteiger partial charge in [-0.25, -0.2) is 0 Å². The van der Waals surface area contributed by atoms with Crippen LogP contribution in [-0.2, 0) is 4.74 Å². The van der Waals surface area contributed by atoms with Gasteiger partial charge in [-0.15, -0.1) is 0 Å². The number of ketones is 1. The molecule has 20 heavy (non-hydrogen) atoms. The van der Waals surface area contributed by atoms with E-state index in [-0.39, 0.29) is 24.6 Å². The lowest BCUT2D eigenvalue weighted by molar-refractivity contribution is -0.0926. The van der Waals surface area contributed by atoms with E-state index in [0.29, 0.717) is 25.2 Å². The molecule has 1 aliphatic heterocycles. The molecule has 0 radical (unpaired) electrons. The molecule has 1 saturated heterocycles. The fraction of sp³-hybridized carbons (Fsp3) is 0.533. The van der Waals surface area contributed by atoms with Gasteiger partial charge in [-0.3, -0.25) is 9.69 Å². The van der Waals surface area contributed by atoms with E-state index >= 15 is 0 Å². The summed E-state index contributed by atoms with van der Waals surface area (Å²) >= 11 is 0. The van der Waals surface area contributed by atoms with Gasteiger partial charge in [0.15, 0.2) is 5.78 Å². The Morgan fingerprint density at radius 3 is 2.70 bits per heavy atom. The van der Waals surface area contributed by atoms with Crippen LogP contribution in [0.25, 0.3) is 0 Å². The van der Waals surface area contributed by atoms with E-state index in [0.717, 1.165) is 5.75 Å². The van der Waals surface area contributed by atoms with Crippen LogP contribution in [0.4, 0.5) is 0 Å². The van der Waals surface area contributed by atoms with Crippen molar-refractivity contribution in [1.29, 1.82) is 0 Å². The Balaban J connectivity index is 1.96. The van der Waals surface area contributed by atoms with Gasteiger partial charge in [-0.1, -0.05) is 0 Å². The van der Waals surface area contributed by atoms with Crippen molar-refractivity contribution in [1.82, 2.24) is 4.90 Å². The van der Waals surface area contributed by atoms with E-state index in [2.05, 4.69) is 0 Å². The fourth-order valence-corrected chi connectivity index (χ4v) is 2.44. The molecular formula is C15H21NO4. The molecule has 5 heteroatoms. The molecule has 1 aromatic rings. The molecule has 0 aliphatic carbocycles. The minimum atomic E-state index is -0.206. The molecule has 2 unspecified atom stereocenters. The van der Waals surface area contributed by atoms with E-state index in [1.807, 2.05) is 11.8 Å². The molecule has 1 aromatic carbocycles. The number of ether oxygens (including phenoxy) is 2. The van der Waals surface area contributed by atoms with Crippen molar-refractivity contribution < 1.29 is 19.4 Å². The highest BCUT2D eigenvalue weighted by molar-refractivity contribution is 5.97. The molecule has 1 N–H and O–H groups in total. The Morgan fingerprint density at radius 2 is 2.10 bits per heavy atom. The summed E-state index contributed by atoms with van der Waals surface area (Å²) in [6.45, 7) is 3.57. The third-order valence-electron chi connectivity index (χ3n) is 3.38. The monoisotopic (exact) mass is 279 g/mol.